The van der Waals surface area contributed by atoms with Crippen molar-refractivity contribution in [1.82, 2.24) is 20.2 Å². The van der Waals surface area contributed by atoms with E-state index in [0.717, 1.165) is 0 Å². The first-order valence-electron chi connectivity index (χ1n) is 2.22. The zero-order valence-electron chi connectivity index (χ0n) is 4.19. The van der Waals surface area contributed by atoms with Crippen molar-refractivity contribution in [1.29, 1.82) is 0 Å². The molecule has 0 bridgehead atoms. The van der Waals surface area contributed by atoms with Crippen LogP contribution in [0.1, 0.15) is 0 Å². The van der Waals surface area contributed by atoms with Crippen LogP contribution in [0.4, 0.5) is 0 Å². The smallest absolute Gasteiger partial charge is 0.138 e. The molecule has 0 aliphatic carbocycles. The molecule has 0 unspecified atom stereocenters. The van der Waals surface area contributed by atoms with Gasteiger partial charge in [-0.3, -0.25) is 0 Å². The average molecular weight is 113 g/mol. The first kappa shape index (κ1) is 5.17. The molecule has 43 valence electrons. The maximum absolute atomic E-state index is 9.88. The van der Waals surface area contributed by atoms with Gasteiger partial charge in [-0.1, -0.05) is 0 Å². The maximum atomic E-state index is 9.88. The third-order valence-electron chi connectivity index (χ3n) is 0.712. The van der Waals surface area contributed by atoms with Gasteiger partial charge in [-0.15, -0.1) is 5.10 Å². The summed E-state index contributed by atoms with van der Waals surface area (Å²) in [5.41, 5.74) is 0. The Hall–Kier alpha value is -0.970. The van der Waals surface area contributed by atoms with Gasteiger partial charge in [0.25, 0.3) is 0 Å². The molecule has 5 heteroatoms. The van der Waals surface area contributed by atoms with Crippen LogP contribution in [0.15, 0.2) is 6.33 Å². The van der Waals surface area contributed by atoms with Crippen LogP contribution >= 0.6 is 0 Å². The summed E-state index contributed by atoms with van der Waals surface area (Å²) in [6, 6.07) is 0. The van der Waals surface area contributed by atoms with E-state index in [2.05, 4.69) is 15.5 Å². The molecule has 1 aromatic heterocycles. The quantitative estimate of drug-likeness (QED) is 0.499. The Bertz CT molecular complexity index is 137. The van der Waals surface area contributed by atoms with Crippen LogP contribution in [0.2, 0.25) is 0 Å². The molecule has 1 heterocycles. The van der Waals surface area contributed by atoms with Gasteiger partial charge in [0.05, 0.1) is 6.54 Å². The van der Waals surface area contributed by atoms with Gasteiger partial charge in [0.15, 0.2) is 0 Å². The summed E-state index contributed by atoms with van der Waals surface area (Å²) >= 11 is 0. The lowest BCUT2D eigenvalue weighted by Crippen LogP contribution is -2.01. The zero-order valence-corrected chi connectivity index (χ0v) is 4.19. The predicted molar refractivity (Wildman–Crippen MR) is 23.4 cm³/mol. The molecule has 8 heavy (non-hydrogen) atoms. The van der Waals surface area contributed by atoms with Gasteiger partial charge < -0.3 is 0 Å². The summed E-state index contributed by atoms with van der Waals surface area (Å²) in [5, 5.41) is 20.0. The second-order valence-electron chi connectivity index (χ2n) is 1.28. The largest absolute Gasteiger partial charge is 0.235 e. The van der Waals surface area contributed by atoms with E-state index in [1.165, 1.54) is 11.0 Å². The predicted octanol–water partition coefficient (Wildman–Crippen LogP) is -0.896. The van der Waals surface area contributed by atoms with Crippen molar-refractivity contribution in [2.24, 2.45) is 0 Å². The van der Waals surface area contributed by atoms with Crippen LogP contribution in [-0.4, -0.2) is 26.8 Å². The number of rotatable bonds is 2. The molecule has 0 aliphatic rings. The van der Waals surface area contributed by atoms with Crippen LogP contribution < -0.4 is 0 Å². The summed E-state index contributed by atoms with van der Waals surface area (Å²) in [5.74, 6) is 0. The van der Waals surface area contributed by atoms with Crippen molar-refractivity contribution >= 4 is 0 Å². The maximum Gasteiger partial charge on any atom is 0.138 e. The molecule has 0 saturated carbocycles. The fourth-order valence-electron chi connectivity index (χ4n) is 0.376. The van der Waals surface area contributed by atoms with Gasteiger partial charge in [-0.2, -0.15) is 0 Å². The van der Waals surface area contributed by atoms with Crippen LogP contribution in [0, 0.1) is 0 Å². The first-order valence-corrected chi connectivity index (χ1v) is 2.22. The Morgan fingerprint density at radius 1 is 1.62 bits per heavy atom. The van der Waals surface area contributed by atoms with Gasteiger partial charge in [-0.25, -0.2) is 9.79 Å². The number of aromatic nitrogens is 4. The highest BCUT2D eigenvalue weighted by Crippen LogP contribution is 1.72. The molecule has 0 fully saturated rings. The van der Waals surface area contributed by atoms with E-state index in [-0.39, 0.29) is 6.61 Å². The molecule has 0 amide bonds. The highest BCUT2D eigenvalue weighted by atomic mass is 16.3. The lowest BCUT2D eigenvalue weighted by Gasteiger charge is -1.87. The lowest BCUT2D eigenvalue weighted by atomic mass is 10.7. The molecule has 0 N–H and O–H groups in total. The van der Waals surface area contributed by atoms with E-state index in [1.807, 2.05) is 0 Å². The Balaban J connectivity index is 2.50. The van der Waals surface area contributed by atoms with Gasteiger partial charge in [0.2, 0.25) is 0 Å². The molecule has 0 aromatic carbocycles. The summed E-state index contributed by atoms with van der Waals surface area (Å²) < 4.78 is 1.40. The standard InChI is InChI=1S/C3H5N4O/c8-2-1-7-3-4-5-6-7/h3H,1-2H2. The zero-order chi connectivity index (χ0) is 5.82. The molecule has 0 saturated heterocycles. The molecule has 1 radical (unpaired) electrons. The molecule has 0 spiro atoms. The topological polar surface area (TPSA) is 63.5 Å². The van der Waals surface area contributed by atoms with Gasteiger partial charge in [-0.05, 0) is 10.4 Å². The average Bonchev–Trinajstić information content (AvgIpc) is 2.19. The third kappa shape index (κ3) is 1.00. The second-order valence-corrected chi connectivity index (χ2v) is 1.28. The Labute approximate surface area is 45.9 Å². The lowest BCUT2D eigenvalue weighted by molar-refractivity contribution is 0.176. The Morgan fingerprint density at radius 3 is 3.00 bits per heavy atom. The normalized spacial score (nSPS) is 9.62. The molecule has 0 atom stereocenters. The molecular formula is C3H5N4O. The van der Waals surface area contributed by atoms with E-state index in [1.54, 1.807) is 0 Å². The summed E-state index contributed by atoms with van der Waals surface area (Å²) in [6.07, 6.45) is 1.41. The number of hydrogen-bond donors (Lipinski definition) is 0. The Kier molecular flexibility index (Phi) is 1.53. The molecule has 0 aliphatic heterocycles. The number of hydrogen-bond acceptors (Lipinski definition) is 3. The second kappa shape index (κ2) is 2.37. The minimum absolute atomic E-state index is 0.176. The van der Waals surface area contributed by atoms with Crippen molar-refractivity contribution in [2.75, 3.05) is 6.61 Å². The monoisotopic (exact) mass is 113 g/mol. The molecule has 1 aromatic rings. The number of nitrogens with zero attached hydrogens (tertiary/aromatic N) is 4. The van der Waals surface area contributed by atoms with E-state index >= 15 is 0 Å². The van der Waals surface area contributed by atoms with E-state index in [0.29, 0.717) is 6.54 Å². The SMILES string of the molecule is [O]CCn1cnnn1. The minimum Gasteiger partial charge on any atom is -0.235 e. The molecular weight excluding hydrogens is 108 g/mol. The van der Waals surface area contributed by atoms with E-state index in [9.17, 15) is 5.11 Å². The summed E-state index contributed by atoms with van der Waals surface area (Å²) in [4.78, 5) is 0. The van der Waals surface area contributed by atoms with Crippen molar-refractivity contribution in [2.45, 2.75) is 6.54 Å². The van der Waals surface area contributed by atoms with E-state index in [4.69, 9.17) is 0 Å². The summed E-state index contributed by atoms with van der Waals surface area (Å²) in [6.45, 7) is 0.179. The van der Waals surface area contributed by atoms with E-state index < -0.39 is 0 Å². The van der Waals surface area contributed by atoms with Crippen LogP contribution in [0.5, 0.6) is 0 Å². The molecule has 1 rings (SSSR count). The van der Waals surface area contributed by atoms with Gasteiger partial charge in [0, 0.05) is 0 Å². The highest BCUT2D eigenvalue weighted by Gasteiger charge is 1.86. The fourth-order valence-corrected chi connectivity index (χ4v) is 0.376. The van der Waals surface area contributed by atoms with Crippen molar-refractivity contribution in [3.05, 3.63) is 6.33 Å². The first-order chi connectivity index (χ1) is 3.93. The number of tetrazole rings is 1. The molecule has 5 nitrogen and oxygen atoms in total. The summed E-state index contributed by atoms with van der Waals surface area (Å²) in [7, 11) is 0. The van der Waals surface area contributed by atoms with Crippen LogP contribution in [0.25, 0.3) is 0 Å². The van der Waals surface area contributed by atoms with Gasteiger partial charge in [0.1, 0.15) is 12.9 Å². The Morgan fingerprint density at radius 2 is 2.50 bits per heavy atom. The minimum atomic E-state index is -0.176. The fraction of sp³-hybridized carbons (Fsp3) is 0.667. The highest BCUT2D eigenvalue weighted by molar-refractivity contribution is 4.43. The van der Waals surface area contributed by atoms with Crippen molar-refractivity contribution in [3.63, 3.8) is 0 Å². The van der Waals surface area contributed by atoms with Crippen LogP contribution in [0.3, 0.4) is 0 Å². The van der Waals surface area contributed by atoms with Crippen molar-refractivity contribution < 1.29 is 5.11 Å². The van der Waals surface area contributed by atoms with Gasteiger partial charge >= 0.3 is 0 Å². The van der Waals surface area contributed by atoms with Crippen LogP contribution in [-0.2, 0) is 11.7 Å². The third-order valence-corrected chi connectivity index (χ3v) is 0.712. The van der Waals surface area contributed by atoms with Crippen molar-refractivity contribution in [3.8, 4) is 0 Å².